The summed E-state index contributed by atoms with van der Waals surface area (Å²) < 4.78 is 10.9. The lowest BCUT2D eigenvalue weighted by Gasteiger charge is -2.22. The Morgan fingerprint density at radius 1 is 0.857 bits per heavy atom. The highest BCUT2D eigenvalue weighted by Crippen LogP contribution is 2.28. The second kappa shape index (κ2) is 5.69. The fourth-order valence-corrected chi connectivity index (χ4v) is 1.82. The van der Waals surface area contributed by atoms with Crippen LogP contribution >= 0.6 is 0 Å². The van der Waals surface area contributed by atoms with Crippen molar-refractivity contribution >= 4 is 0 Å². The highest BCUT2D eigenvalue weighted by molar-refractivity contribution is 4.71. The molecule has 2 fully saturated rings. The Kier molecular flexibility index (Phi) is 4.22. The summed E-state index contributed by atoms with van der Waals surface area (Å²) in [5.74, 6) is 1.60. The summed E-state index contributed by atoms with van der Waals surface area (Å²) in [6, 6.07) is 0. The molecule has 1 saturated carbocycles. The smallest absolute Gasteiger partial charge is 0.146 e. The first-order valence-electron chi connectivity index (χ1n) is 5.81. The maximum atomic E-state index is 5.50. The van der Waals surface area contributed by atoms with Crippen molar-refractivity contribution in [1.29, 1.82) is 0 Å². The fourth-order valence-electron chi connectivity index (χ4n) is 1.82. The maximum absolute atomic E-state index is 5.50. The van der Waals surface area contributed by atoms with Gasteiger partial charge >= 0.3 is 0 Å². The topological polar surface area (TPSA) is 30.5 Å². The van der Waals surface area contributed by atoms with Crippen LogP contribution in [0.3, 0.4) is 0 Å². The molecule has 0 aromatic rings. The highest BCUT2D eigenvalue weighted by atomic mass is 16.7. The molecule has 0 atom stereocenters. The molecule has 0 radical (unpaired) electrons. The fraction of sp³-hybridized carbons (Fsp3) is 1.00. The van der Waals surface area contributed by atoms with E-state index >= 15 is 0 Å². The average Bonchev–Trinajstić information content (AvgIpc) is 3.03. The van der Waals surface area contributed by atoms with Gasteiger partial charge in [-0.1, -0.05) is 0 Å². The molecule has 14 heavy (non-hydrogen) atoms. The molecule has 0 bridgehead atoms. The van der Waals surface area contributed by atoms with Gasteiger partial charge in [-0.3, -0.25) is 0 Å². The van der Waals surface area contributed by atoms with E-state index in [1.165, 1.54) is 25.7 Å². The molecule has 0 spiro atoms. The van der Waals surface area contributed by atoms with E-state index in [1.54, 1.807) is 0 Å². The Balaban J connectivity index is 1.41. The van der Waals surface area contributed by atoms with Crippen molar-refractivity contribution < 1.29 is 9.47 Å². The van der Waals surface area contributed by atoms with Gasteiger partial charge in [0.2, 0.25) is 0 Å². The van der Waals surface area contributed by atoms with Gasteiger partial charge in [-0.15, -0.1) is 0 Å². The lowest BCUT2D eigenvalue weighted by atomic mass is 9.99. The van der Waals surface area contributed by atoms with Gasteiger partial charge in [0.1, 0.15) is 6.79 Å². The van der Waals surface area contributed by atoms with Crippen molar-refractivity contribution in [2.45, 2.75) is 25.7 Å². The number of rotatable bonds is 6. The number of ether oxygens (including phenoxy) is 2. The van der Waals surface area contributed by atoms with E-state index in [2.05, 4.69) is 5.32 Å². The van der Waals surface area contributed by atoms with Crippen LogP contribution in [-0.4, -0.2) is 33.1 Å². The van der Waals surface area contributed by atoms with Crippen LogP contribution in [0.25, 0.3) is 0 Å². The second-order valence-electron chi connectivity index (χ2n) is 4.50. The first-order chi connectivity index (χ1) is 6.95. The third kappa shape index (κ3) is 3.95. The number of nitrogens with one attached hydrogen (secondary N) is 1. The van der Waals surface area contributed by atoms with Crippen molar-refractivity contribution in [1.82, 2.24) is 5.32 Å². The zero-order valence-electron chi connectivity index (χ0n) is 8.84. The van der Waals surface area contributed by atoms with Crippen LogP contribution in [0.15, 0.2) is 0 Å². The maximum Gasteiger partial charge on any atom is 0.146 e. The van der Waals surface area contributed by atoms with Crippen LogP contribution in [0.1, 0.15) is 25.7 Å². The van der Waals surface area contributed by atoms with Crippen LogP contribution in [0.5, 0.6) is 0 Å². The van der Waals surface area contributed by atoms with Crippen molar-refractivity contribution in [2.24, 2.45) is 11.8 Å². The van der Waals surface area contributed by atoms with Gasteiger partial charge in [-0.2, -0.15) is 0 Å². The minimum Gasteiger partial charge on any atom is -0.355 e. The van der Waals surface area contributed by atoms with Crippen molar-refractivity contribution in [3.63, 3.8) is 0 Å². The predicted molar refractivity (Wildman–Crippen MR) is 55.1 cm³/mol. The van der Waals surface area contributed by atoms with E-state index in [4.69, 9.17) is 9.47 Å². The van der Waals surface area contributed by atoms with Crippen LogP contribution in [0.2, 0.25) is 0 Å². The summed E-state index contributed by atoms with van der Waals surface area (Å²) >= 11 is 0. The molecule has 1 aliphatic heterocycles. The molecule has 3 nitrogen and oxygen atoms in total. The van der Waals surface area contributed by atoms with Gasteiger partial charge in [0.25, 0.3) is 0 Å². The minimum absolute atomic E-state index is 0.500. The number of hydrogen-bond acceptors (Lipinski definition) is 3. The summed E-state index contributed by atoms with van der Waals surface area (Å²) in [5.41, 5.74) is 0. The molecular weight excluding hydrogens is 178 g/mol. The lowest BCUT2D eigenvalue weighted by molar-refractivity contribution is -0.0697. The summed E-state index contributed by atoms with van der Waals surface area (Å²) in [7, 11) is 0. The van der Waals surface area contributed by atoms with Crippen molar-refractivity contribution in [2.75, 3.05) is 33.1 Å². The van der Waals surface area contributed by atoms with Crippen LogP contribution in [0, 0.1) is 11.8 Å². The molecule has 0 amide bonds. The average molecular weight is 199 g/mol. The van der Waals surface area contributed by atoms with Gasteiger partial charge in [0.05, 0.1) is 13.2 Å². The molecule has 1 saturated heterocycles. The van der Waals surface area contributed by atoms with E-state index < -0.39 is 0 Å². The van der Waals surface area contributed by atoms with Crippen LogP contribution in [-0.2, 0) is 9.47 Å². The van der Waals surface area contributed by atoms with E-state index in [-0.39, 0.29) is 0 Å². The Labute approximate surface area is 86.2 Å². The normalized spacial score (nSPS) is 24.0. The van der Waals surface area contributed by atoms with Crippen LogP contribution < -0.4 is 5.32 Å². The Bertz CT molecular complexity index is 153. The molecular formula is C11H21NO2. The monoisotopic (exact) mass is 199 g/mol. The van der Waals surface area contributed by atoms with Crippen molar-refractivity contribution in [3.8, 4) is 0 Å². The van der Waals surface area contributed by atoms with Gasteiger partial charge in [-0.05, 0) is 50.6 Å². The third-order valence-electron chi connectivity index (χ3n) is 3.03. The quantitative estimate of drug-likeness (QED) is 0.518. The molecule has 1 heterocycles. The third-order valence-corrected chi connectivity index (χ3v) is 3.03. The molecule has 0 aromatic heterocycles. The largest absolute Gasteiger partial charge is 0.355 e. The SMILES string of the molecule is C1CC(COCOCC2CC2)CCN1. The van der Waals surface area contributed by atoms with E-state index in [0.29, 0.717) is 6.79 Å². The molecule has 0 unspecified atom stereocenters. The van der Waals surface area contributed by atoms with Gasteiger partial charge in [0, 0.05) is 0 Å². The Morgan fingerprint density at radius 2 is 1.43 bits per heavy atom. The van der Waals surface area contributed by atoms with Gasteiger partial charge < -0.3 is 14.8 Å². The summed E-state index contributed by atoms with van der Waals surface area (Å²) in [5, 5.41) is 3.35. The summed E-state index contributed by atoms with van der Waals surface area (Å²) in [4.78, 5) is 0. The van der Waals surface area contributed by atoms with E-state index in [1.807, 2.05) is 0 Å². The Hall–Kier alpha value is -0.120. The first kappa shape index (κ1) is 10.4. The predicted octanol–water partition coefficient (Wildman–Crippen LogP) is 1.39. The van der Waals surface area contributed by atoms with Gasteiger partial charge in [-0.25, -0.2) is 0 Å². The zero-order chi connectivity index (χ0) is 9.64. The zero-order valence-corrected chi connectivity index (χ0v) is 8.84. The molecule has 2 rings (SSSR count). The molecule has 0 aromatic carbocycles. The standard InChI is InChI=1S/C11H21NO2/c1-2-10(1)7-13-9-14-8-11-3-5-12-6-4-11/h10-12H,1-9H2. The molecule has 1 N–H and O–H groups in total. The number of piperidine rings is 1. The lowest BCUT2D eigenvalue weighted by Crippen LogP contribution is -2.30. The molecule has 82 valence electrons. The first-order valence-corrected chi connectivity index (χ1v) is 5.81. The molecule has 1 aliphatic carbocycles. The summed E-state index contributed by atoms with van der Waals surface area (Å²) in [6.45, 7) is 4.59. The van der Waals surface area contributed by atoms with E-state index in [9.17, 15) is 0 Å². The minimum atomic E-state index is 0.500. The second-order valence-corrected chi connectivity index (χ2v) is 4.50. The van der Waals surface area contributed by atoms with E-state index in [0.717, 1.165) is 38.1 Å². The highest BCUT2D eigenvalue weighted by Gasteiger charge is 2.21. The van der Waals surface area contributed by atoms with Crippen molar-refractivity contribution in [3.05, 3.63) is 0 Å². The number of hydrogen-bond donors (Lipinski definition) is 1. The van der Waals surface area contributed by atoms with Gasteiger partial charge in [0.15, 0.2) is 0 Å². The molecule has 2 aliphatic rings. The summed E-state index contributed by atoms with van der Waals surface area (Å²) in [6.07, 6.45) is 5.22. The van der Waals surface area contributed by atoms with Crippen LogP contribution in [0.4, 0.5) is 0 Å². The molecule has 3 heteroatoms. The Morgan fingerprint density at radius 3 is 2.00 bits per heavy atom.